The van der Waals surface area contributed by atoms with Crippen molar-refractivity contribution in [2.24, 2.45) is 0 Å². The third-order valence-electron chi connectivity index (χ3n) is 4.15. The molecule has 2 atom stereocenters. The van der Waals surface area contributed by atoms with Crippen molar-refractivity contribution in [3.8, 4) is 0 Å². The van der Waals surface area contributed by atoms with Gasteiger partial charge in [-0.2, -0.15) is 5.10 Å². The molecule has 2 fully saturated rings. The number of nitrogens with zero attached hydrogens (tertiary/aromatic N) is 3. The zero-order valence-corrected chi connectivity index (χ0v) is 12.5. The van der Waals surface area contributed by atoms with Gasteiger partial charge in [-0.15, -0.1) is 0 Å². The summed E-state index contributed by atoms with van der Waals surface area (Å²) in [5.74, 6) is -0.0358. The highest BCUT2D eigenvalue weighted by Crippen LogP contribution is 2.26. The molecule has 110 valence electrons. The van der Waals surface area contributed by atoms with Crippen LogP contribution in [0.3, 0.4) is 0 Å². The number of fused-ring (bicyclic) bond motifs is 1. The maximum atomic E-state index is 12.7. The molecule has 0 saturated carbocycles. The first-order valence-corrected chi connectivity index (χ1v) is 7.69. The van der Waals surface area contributed by atoms with E-state index in [4.69, 9.17) is 16.3 Å². The molecule has 2 aliphatic heterocycles. The third-order valence-corrected chi connectivity index (χ3v) is 4.42. The summed E-state index contributed by atoms with van der Waals surface area (Å²) < 4.78 is 7.47. The van der Waals surface area contributed by atoms with Gasteiger partial charge in [0.15, 0.2) is 0 Å². The maximum Gasteiger partial charge on any atom is 0.212 e. The number of hydrogen-bond donors (Lipinski definition) is 0. The number of rotatable bonds is 4. The van der Waals surface area contributed by atoms with Crippen LogP contribution in [0, 0.1) is 0 Å². The second-order valence-corrected chi connectivity index (χ2v) is 5.95. The lowest BCUT2D eigenvalue weighted by molar-refractivity contribution is -0.0348. The quantitative estimate of drug-likeness (QED) is 0.798. The summed E-state index contributed by atoms with van der Waals surface area (Å²) in [6.07, 6.45) is 4.43. The Kier molecular flexibility index (Phi) is 4.10. The summed E-state index contributed by atoms with van der Waals surface area (Å²) >= 11 is 6.13. The van der Waals surface area contributed by atoms with E-state index in [1.54, 1.807) is 10.9 Å². The normalized spacial score (nSPS) is 26.7. The van der Waals surface area contributed by atoms with Gasteiger partial charge in [-0.1, -0.05) is 18.5 Å². The van der Waals surface area contributed by atoms with Crippen molar-refractivity contribution < 1.29 is 9.53 Å². The van der Waals surface area contributed by atoms with Gasteiger partial charge in [-0.25, -0.2) is 0 Å². The van der Waals surface area contributed by atoms with Crippen LogP contribution in [0.2, 0.25) is 5.02 Å². The fourth-order valence-corrected chi connectivity index (χ4v) is 3.35. The van der Waals surface area contributed by atoms with Crippen molar-refractivity contribution in [2.45, 2.75) is 44.9 Å². The van der Waals surface area contributed by atoms with E-state index in [0.29, 0.717) is 36.5 Å². The Labute approximate surface area is 123 Å². The van der Waals surface area contributed by atoms with Crippen LogP contribution in [0.4, 0.5) is 0 Å². The molecule has 0 bridgehead atoms. The molecule has 2 saturated heterocycles. The number of carbonyl (C=O) groups excluding carboxylic acids is 1. The zero-order valence-electron chi connectivity index (χ0n) is 11.7. The predicted octanol–water partition coefficient (Wildman–Crippen LogP) is 1.99. The molecule has 20 heavy (non-hydrogen) atoms. The summed E-state index contributed by atoms with van der Waals surface area (Å²) in [6.45, 7) is 5.15. The third kappa shape index (κ3) is 2.50. The van der Waals surface area contributed by atoms with E-state index in [1.807, 2.05) is 0 Å². The highest BCUT2D eigenvalue weighted by atomic mass is 35.5. The molecule has 5 nitrogen and oxygen atoms in total. The summed E-state index contributed by atoms with van der Waals surface area (Å²) in [5.41, 5.74) is 0.496. The van der Waals surface area contributed by atoms with Gasteiger partial charge in [0.1, 0.15) is 11.8 Å². The van der Waals surface area contributed by atoms with Crippen molar-refractivity contribution in [1.29, 1.82) is 0 Å². The van der Waals surface area contributed by atoms with Gasteiger partial charge in [0.25, 0.3) is 0 Å². The summed E-state index contributed by atoms with van der Waals surface area (Å²) in [6, 6.07) is 0.495. The molecule has 1 aromatic heterocycles. The van der Waals surface area contributed by atoms with E-state index >= 15 is 0 Å². The minimum absolute atomic E-state index is 0.0358. The Morgan fingerprint density at radius 3 is 3.25 bits per heavy atom. The van der Waals surface area contributed by atoms with Gasteiger partial charge >= 0.3 is 0 Å². The number of aryl methyl sites for hydroxylation is 1. The summed E-state index contributed by atoms with van der Waals surface area (Å²) in [5, 5.41) is 4.61. The van der Waals surface area contributed by atoms with Crippen LogP contribution in [-0.4, -0.2) is 52.3 Å². The number of Topliss-reactive ketones (excluding diaryl/α,β-unsaturated/α-hetero) is 1. The molecule has 3 rings (SSSR count). The van der Waals surface area contributed by atoms with E-state index < -0.39 is 6.10 Å². The number of halogens is 1. The zero-order chi connectivity index (χ0) is 14.1. The van der Waals surface area contributed by atoms with Crippen LogP contribution in [0.5, 0.6) is 0 Å². The van der Waals surface area contributed by atoms with Gasteiger partial charge < -0.3 is 4.74 Å². The van der Waals surface area contributed by atoms with Gasteiger partial charge in [-0.3, -0.25) is 14.4 Å². The Balaban J connectivity index is 1.77. The molecule has 0 radical (unpaired) electrons. The van der Waals surface area contributed by atoms with E-state index in [0.717, 1.165) is 13.0 Å². The first-order chi connectivity index (χ1) is 9.70. The Bertz CT molecular complexity index is 503. The molecular formula is C14H20ClN3O2. The van der Waals surface area contributed by atoms with E-state index in [-0.39, 0.29) is 5.78 Å². The lowest BCUT2D eigenvalue weighted by Gasteiger charge is -2.34. The van der Waals surface area contributed by atoms with E-state index in [1.165, 1.54) is 12.8 Å². The van der Waals surface area contributed by atoms with Crippen molar-refractivity contribution >= 4 is 17.4 Å². The van der Waals surface area contributed by atoms with Gasteiger partial charge in [0.05, 0.1) is 17.8 Å². The molecule has 2 aliphatic rings. The monoisotopic (exact) mass is 297 g/mol. The smallest absolute Gasteiger partial charge is 0.212 e. The fourth-order valence-electron chi connectivity index (χ4n) is 3.12. The predicted molar refractivity (Wildman–Crippen MR) is 76.2 cm³/mol. The second kappa shape index (κ2) is 5.84. The van der Waals surface area contributed by atoms with Crippen molar-refractivity contribution in [1.82, 2.24) is 14.7 Å². The highest BCUT2D eigenvalue weighted by Gasteiger charge is 2.37. The molecule has 3 heterocycles. The summed E-state index contributed by atoms with van der Waals surface area (Å²) in [7, 11) is 0. The number of hydrogen-bond acceptors (Lipinski definition) is 4. The van der Waals surface area contributed by atoms with Gasteiger partial charge in [0.2, 0.25) is 5.78 Å². The topological polar surface area (TPSA) is 47.4 Å². The Morgan fingerprint density at radius 1 is 1.60 bits per heavy atom. The van der Waals surface area contributed by atoms with Crippen LogP contribution in [0.25, 0.3) is 0 Å². The Morgan fingerprint density at radius 2 is 2.45 bits per heavy atom. The van der Waals surface area contributed by atoms with Crippen LogP contribution < -0.4 is 0 Å². The number of ketones is 1. The van der Waals surface area contributed by atoms with Crippen molar-refractivity contribution in [2.75, 3.05) is 19.7 Å². The van der Waals surface area contributed by atoms with Crippen molar-refractivity contribution in [3.05, 3.63) is 16.9 Å². The first kappa shape index (κ1) is 14.0. The molecule has 6 heteroatoms. The van der Waals surface area contributed by atoms with Gasteiger partial charge in [0, 0.05) is 19.1 Å². The number of carbonyl (C=O) groups is 1. The average Bonchev–Trinajstić information content (AvgIpc) is 3.04. The molecule has 0 aliphatic carbocycles. The minimum Gasteiger partial charge on any atom is -0.367 e. The lowest BCUT2D eigenvalue weighted by atomic mass is 10.1. The fraction of sp³-hybridized carbons (Fsp3) is 0.714. The largest absolute Gasteiger partial charge is 0.367 e. The van der Waals surface area contributed by atoms with Crippen LogP contribution >= 0.6 is 11.6 Å². The highest BCUT2D eigenvalue weighted by molar-refractivity contribution is 6.33. The number of ether oxygens (including phenoxy) is 1. The molecule has 0 aromatic carbocycles. The van der Waals surface area contributed by atoms with E-state index in [9.17, 15) is 4.79 Å². The number of morpholine rings is 1. The van der Waals surface area contributed by atoms with Crippen molar-refractivity contribution in [3.63, 3.8) is 0 Å². The number of aromatic nitrogens is 2. The minimum atomic E-state index is -0.408. The first-order valence-electron chi connectivity index (χ1n) is 7.32. The molecule has 0 spiro atoms. The van der Waals surface area contributed by atoms with Crippen LogP contribution in [0.1, 0.15) is 36.7 Å². The maximum absolute atomic E-state index is 12.7. The summed E-state index contributed by atoms with van der Waals surface area (Å²) in [4.78, 5) is 15.0. The Hall–Kier alpha value is -0.910. The SMILES string of the molecule is CCCn1ncc(Cl)c1C(=O)C1CN2CCCC2CO1. The van der Waals surface area contributed by atoms with Gasteiger partial charge in [-0.05, 0) is 25.8 Å². The molecule has 2 unspecified atom stereocenters. The average molecular weight is 298 g/mol. The standard InChI is InChI=1S/C14H20ClN3O2/c1-2-5-18-13(11(15)7-16-18)14(19)12-8-17-6-3-4-10(17)9-20-12/h7,10,12H,2-6,8-9H2,1H3. The lowest BCUT2D eigenvalue weighted by Crippen LogP contribution is -2.49. The van der Waals surface area contributed by atoms with Crippen LogP contribution in [0.15, 0.2) is 6.20 Å². The molecule has 0 N–H and O–H groups in total. The molecule has 0 amide bonds. The molecular weight excluding hydrogens is 278 g/mol. The molecule has 1 aromatic rings. The van der Waals surface area contributed by atoms with Crippen LogP contribution in [-0.2, 0) is 11.3 Å². The van der Waals surface area contributed by atoms with E-state index in [2.05, 4.69) is 16.9 Å². The second-order valence-electron chi connectivity index (χ2n) is 5.54.